The van der Waals surface area contributed by atoms with Crippen LogP contribution in [0.1, 0.15) is 34.3 Å². The largest absolute Gasteiger partial charge is 0.338 e. The first-order chi connectivity index (χ1) is 11.2. The second-order valence-electron chi connectivity index (χ2n) is 6.18. The van der Waals surface area contributed by atoms with E-state index in [0.717, 1.165) is 49.9 Å². The van der Waals surface area contributed by atoms with Crippen LogP contribution in [0.2, 0.25) is 0 Å². The molecular weight excluding hydrogens is 282 g/mol. The Balaban J connectivity index is 1.72. The van der Waals surface area contributed by atoms with E-state index in [4.69, 9.17) is 0 Å². The van der Waals surface area contributed by atoms with E-state index in [1.54, 1.807) is 0 Å². The summed E-state index contributed by atoms with van der Waals surface area (Å²) in [4.78, 5) is 14.8. The van der Waals surface area contributed by atoms with E-state index in [-0.39, 0.29) is 5.91 Å². The number of benzene rings is 2. The van der Waals surface area contributed by atoms with Crippen molar-refractivity contribution in [1.29, 1.82) is 0 Å². The van der Waals surface area contributed by atoms with Crippen molar-refractivity contribution in [2.45, 2.75) is 25.7 Å². The molecule has 0 radical (unpaired) electrons. The van der Waals surface area contributed by atoms with Gasteiger partial charge < -0.3 is 4.90 Å². The summed E-state index contributed by atoms with van der Waals surface area (Å²) >= 11 is 0. The van der Waals surface area contributed by atoms with Gasteiger partial charge in [-0.15, -0.1) is 0 Å². The molecule has 1 saturated heterocycles. The predicted molar refractivity (Wildman–Crippen MR) is 94.6 cm³/mol. The van der Waals surface area contributed by atoms with Gasteiger partial charge in [0, 0.05) is 18.7 Å². The molecule has 1 aliphatic heterocycles. The van der Waals surface area contributed by atoms with Gasteiger partial charge in [0.2, 0.25) is 0 Å². The maximum atomic E-state index is 12.8. The van der Waals surface area contributed by atoms with Crippen LogP contribution >= 0.6 is 0 Å². The molecule has 0 unspecified atom stereocenters. The van der Waals surface area contributed by atoms with E-state index < -0.39 is 0 Å². The van der Waals surface area contributed by atoms with Gasteiger partial charge in [-0.05, 0) is 42.9 Å². The molecule has 0 bridgehead atoms. The number of likely N-dealkylation sites (tertiary alicyclic amines) is 1. The van der Waals surface area contributed by atoms with Crippen LogP contribution in [0.15, 0.2) is 66.7 Å². The molecule has 0 saturated carbocycles. The number of carbonyl (C=O) groups excluding carboxylic acids is 1. The lowest BCUT2D eigenvalue weighted by Gasteiger charge is -2.28. The summed E-state index contributed by atoms with van der Waals surface area (Å²) in [5.41, 5.74) is 4.57. The molecule has 2 aromatic carbocycles. The van der Waals surface area contributed by atoms with Crippen molar-refractivity contribution in [3.63, 3.8) is 0 Å². The lowest BCUT2D eigenvalue weighted by molar-refractivity contribution is 0.0742. The highest BCUT2D eigenvalue weighted by atomic mass is 16.2. The van der Waals surface area contributed by atoms with Gasteiger partial charge in [0.15, 0.2) is 0 Å². The standard InChI is InChI=1S/C21H23NO/c1-17-13-15-22(16-14-17)21(23)20-10-6-5-9-19(20)12-11-18-7-3-2-4-8-18/h2-10H,1,11-16H2. The highest BCUT2D eigenvalue weighted by molar-refractivity contribution is 5.95. The molecule has 0 aromatic heterocycles. The Hall–Kier alpha value is -2.35. The third kappa shape index (κ3) is 3.89. The summed E-state index contributed by atoms with van der Waals surface area (Å²) < 4.78 is 0. The first-order valence-electron chi connectivity index (χ1n) is 8.32. The topological polar surface area (TPSA) is 20.3 Å². The highest BCUT2D eigenvalue weighted by Gasteiger charge is 2.21. The molecule has 1 fully saturated rings. The van der Waals surface area contributed by atoms with Gasteiger partial charge >= 0.3 is 0 Å². The van der Waals surface area contributed by atoms with Crippen molar-refractivity contribution in [2.75, 3.05) is 13.1 Å². The van der Waals surface area contributed by atoms with Gasteiger partial charge in [-0.2, -0.15) is 0 Å². The Morgan fingerprint density at radius 2 is 1.57 bits per heavy atom. The van der Waals surface area contributed by atoms with Gasteiger partial charge in [0.1, 0.15) is 0 Å². The maximum Gasteiger partial charge on any atom is 0.254 e. The molecule has 2 aromatic rings. The summed E-state index contributed by atoms with van der Waals surface area (Å²) in [5, 5.41) is 0. The Morgan fingerprint density at radius 1 is 0.913 bits per heavy atom. The molecule has 0 aliphatic carbocycles. The van der Waals surface area contributed by atoms with E-state index in [9.17, 15) is 4.79 Å². The van der Waals surface area contributed by atoms with Crippen LogP contribution in [0.5, 0.6) is 0 Å². The molecule has 23 heavy (non-hydrogen) atoms. The molecular formula is C21H23NO. The smallest absolute Gasteiger partial charge is 0.254 e. The third-order valence-corrected chi connectivity index (χ3v) is 4.53. The Kier molecular flexibility index (Phi) is 4.92. The van der Waals surface area contributed by atoms with Gasteiger partial charge in [-0.1, -0.05) is 60.7 Å². The van der Waals surface area contributed by atoms with Gasteiger partial charge in [0.25, 0.3) is 5.91 Å². The number of hydrogen-bond donors (Lipinski definition) is 0. The quantitative estimate of drug-likeness (QED) is 0.773. The Labute approximate surface area is 138 Å². The summed E-state index contributed by atoms with van der Waals surface area (Å²) in [6.45, 7) is 5.62. The van der Waals surface area contributed by atoms with Crippen LogP contribution in [0.25, 0.3) is 0 Å². The Bertz CT molecular complexity index is 680. The van der Waals surface area contributed by atoms with Gasteiger partial charge in [-0.25, -0.2) is 0 Å². The molecule has 0 spiro atoms. The molecule has 3 rings (SSSR count). The second-order valence-corrected chi connectivity index (χ2v) is 6.18. The first-order valence-corrected chi connectivity index (χ1v) is 8.32. The number of amides is 1. The van der Waals surface area contributed by atoms with Crippen LogP contribution < -0.4 is 0 Å². The minimum absolute atomic E-state index is 0.168. The third-order valence-electron chi connectivity index (χ3n) is 4.53. The van der Waals surface area contributed by atoms with Gasteiger partial charge in [0.05, 0.1) is 0 Å². The van der Waals surface area contributed by atoms with Crippen LogP contribution in [0.3, 0.4) is 0 Å². The molecule has 0 N–H and O–H groups in total. The molecule has 1 amide bonds. The monoisotopic (exact) mass is 305 g/mol. The molecule has 118 valence electrons. The number of hydrogen-bond acceptors (Lipinski definition) is 1. The van der Waals surface area contributed by atoms with Crippen molar-refractivity contribution >= 4 is 5.91 Å². The minimum Gasteiger partial charge on any atom is -0.338 e. The van der Waals surface area contributed by atoms with Crippen molar-refractivity contribution in [1.82, 2.24) is 4.90 Å². The van der Waals surface area contributed by atoms with E-state index in [0.29, 0.717) is 0 Å². The van der Waals surface area contributed by atoms with Crippen molar-refractivity contribution in [3.05, 3.63) is 83.4 Å². The Morgan fingerprint density at radius 3 is 2.30 bits per heavy atom. The minimum atomic E-state index is 0.168. The van der Waals surface area contributed by atoms with Crippen LogP contribution in [-0.4, -0.2) is 23.9 Å². The molecule has 0 atom stereocenters. The fourth-order valence-corrected chi connectivity index (χ4v) is 3.07. The van der Waals surface area contributed by atoms with Gasteiger partial charge in [-0.3, -0.25) is 4.79 Å². The molecule has 2 nitrogen and oxygen atoms in total. The number of piperidine rings is 1. The van der Waals surface area contributed by atoms with Crippen molar-refractivity contribution in [2.24, 2.45) is 0 Å². The molecule has 1 aliphatic rings. The summed E-state index contributed by atoms with van der Waals surface area (Å²) in [5.74, 6) is 0.168. The van der Waals surface area contributed by atoms with Crippen molar-refractivity contribution < 1.29 is 4.79 Å². The molecule has 1 heterocycles. The highest BCUT2D eigenvalue weighted by Crippen LogP contribution is 2.19. The summed E-state index contributed by atoms with van der Waals surface area (Å²) in [6, 6.07) is 18.5. The first kappa shape index (κ1) is 15.5. The van der Waals surface area contributed by atoms with E-state index in [1.807, 2.05) is 29.2 Å². The maximum absolute atomic E-state index is 12.8. The lowest BCUT2D eigenvalue weighted by atomic mass is 9.98. The van der Waals surface area contributed by atoms with E-state index in [1.165, 1.54) is 11.1 Å². The fraction of sp³-hybridized carbons (Fsp3) is 0.286. The summed E-state index contributed by atoms with van der Waals surface area (Å²) in [6.07, 6.45) is 3.71. The van der Waals surface area contributed by atoms with Crippen LogP contribution in [0.4, 0.5) is 0 Å². The zero-order valence-electron chi connectivity index (χ0n) is 13.5. The zero-order chi connectivity index (χ0) is 16.1. The fourth-order valence-electron chi connectivity index (χ4n) is 3.07. The lowest BCUT2D eigenvalue weighted by Crippen LogP contribution is -2.36. The average molecular weight is 305 g/mol. The number of nitrogens with zero attached hydrogens (tertiary/aromatic N) is 1. The van der Waals surface area contributed by atoms with Crippen LogP contribution in [0, 0.1) is 0 Å². The molecule has 2 heteroatoms. The number of carbonyl (C=O) groups is 1. The van der Waals surface area contributed by atoms with Crippen molar-refractivity contribution in [3.8, 4) is 0 Å². The SMILES string of the molecule is C=C1CCN(C(=O)c2ccccc2CCc2ccccc2)CC1. The number of rotatable bonds is 4. The second kappa shape index (κ2) is 7.28. The average Bonchev–Trinajstić information content (AvgIpc) is 2.61. The predicted octanol–water partition coefficient (Wildman–Crippen LogP) is 4.26. The number of aryl methyl sites for hydroxylation is 2. The normalized spacial score (nSPS) is 14.8. The summed E-state index contributed by atoms with van der Waals surface area (Å²) in [7, 11) is 0. The zero-order valence-corrected chi connectivity index (χ0v) is 13.5. The van der Waals surface area contributed by atoms with E-state index in [2.05, 4.69) is 36.9 Å². The van der Waals surface area contributed by atoms with E-state index >= 15 is 0 Å². The van der Waals surface area contributed by atoms with Crippen LogP contribution in [-0.2, 0) is 12.8 Å².